The number of hydrogen-bond donors (Lipinski definition) is 0. The summed E-state index contributed by atoms with van der Waals surface area (Å²) >= 11 is 0. The molecule has 1 aliphatic carbocycles. The van der Waals surface area contributed by atoms with E-state index in [1.165, 1.54) is 12.5 Å². The minimum absolute atomic E-state index is 0.0175. The SMILES string of the molecule is CC1CCCCC1N(C)C(=O)Cc1cccc(C(F)(F)F)c1. The number of likely N-dealkylation sites (N-methyl/N-ethyl adjacent to an activating group) is 1. The topological polar surface area (TPSA) is 20.3 Å². The fraction of sp³-hybridized carbons (Fsp3) is 0.588. The summed E-state index contributed by atoms with van der Waals surface area (Å²) in [5.41, 5.74) is -0.290. The Hall–Kier alpha value is -1.52. The first-order valence-electron chi connectivity index (χ1n) is 7.71. The fourth-order valence-electron chi connectivity index (χ4n) is 3.21. The van der Waals surface area contributed by atoms with E-state index in [1.54, 1.807) is 18.0 Å². The molecule has 0 saturated heterocycles. The number of hydrogen-bond acceptors (Lipinski definition) is 1. The van der Waals surface area contributed by atoms with Crippen molar-refractivity contribution >= 4 is 5.91 Å². The lowest BCUT2D eigenvalue weighted by atomic mass is 9.85. The van der Waals surface area contributed by atoms with Crippen molar-refractivity contribution in [3.63, 3.8) is 0 Å². The smallest absolute Gasteiger partial charge is 0.342 e. The first-order valence-corrected chi connectivity index (χ1v) is 7.71. The zero-order valence-corrected chi connectivity index (χ0v) is 13.0. The van der Waals surface area contributed by atoms with Crippen LogP contribution in [-0.2, 0) is 17.4 Å². The van der Waals surface area contributed by atoms with Gasteiger partial charge in [0.25, 0.3) is 0 Å². The quantitative estimate of drug-likeness (QED) is 0.815. The van der Waals surface area contributed by atoms with Gasteiger partial charge in [-0.25, -0.2) is 0 Å². The Labute approximate surface area is 129 Å². The standard InChI is InChI=1S/C17H22F3NO/c1-12-6-3-4-9-15(12)21(2)16(22)11-13-7-5-8-14(10-13)17(18,19)20/h5,7-8,10,12,15H,3-4,6,9,11H2,1-2H3. The highest BCUT2D eigenvalue weighted by Gasteiger charge is 2.31. The Kier molecular flexibility index (Phi) is 5.14. The summed E-state index contributed by atoms with van der Waals surface area (Å²) in [5, 5.41) is 0. The van der Waals surface area contributed by atoms with Gasteiger partial charge in [0.15, 0.2) is 0 Å². The third kappa shape index (κ3) is 4.02. The van der Waals surface area contributed by atoms with Crippen LogP contribution in [0.4, 0.5) is 13.2 Å². The normalized spacial score (nSPS) is 22.4. The van der Waals surface area contributed by atoms with Crippen LogP contribution in [0.5, 0.6) is 0 Å². The first-order chi connectivity index (χ1) is 10.3. The third-order valence-corrected chi connectivity index (χ3v) is 4.57. The summed E-state index contributed by atoms with van der Waals surface area (Å²) in [6, 6.07) is 5.23. The molecule has 2 nitrogen and oxygen atoms in total. The molecular weight excluding hydrogens is 291 g/mol. The van der Waals surface area contributed by atoms with Crippen LogP contribution in [0, 0.1) is 5.92 Å². The highest BCUT2D eigenvalue weighted by atomic mass is 19.4. The Morgan fingerprint density at radius 2 is 1.95 bits per heavy atom. The van der Waals surface area contributed by atoms with E-state index >= 15 is 0 Å². The van der Waals surface area contributed by atoms with Crippen LogP contribution >= 0.6 is 0 Å². The molecule has 1 aromatic rings. The van der Waals surface area contributed by atoms with Crippen LogP contribution in [0.2, 0.25) is 0 Å². The second kappa shape index (κ2) is 6.71. The predicted octanol–water partition coefficient (Wildman–Crippen LogP) is 4.29. The lowest BCUT2D eigenvalue weighted by Gasteiger charge is -2.36. The number of nitrogens with zero attached hydrogens (tertiary/aromatic N) is 1. The van der Waals surface area contributed by atoms with Crippen molar-refractivity contribution in [1.82, 2.24) is 4.90 Å². The highest BCUT2D eigenvalue weighted by Crippen LogP contribution is 2.30. The zero-order valence-electron chi connectivity index (χ0n) is 13.0. The molecular formula is C17H22F3NO. The maximum absolute atomic E-state index is 12.7. The molecule has 1 saturated carbocycles. The largest absolute Gasteiger partial charge is 0.416 e. The van der Waals surface area contributed by atoms with Crippen molar-refractivity contribution in [3.8, 4) is 0 Å². The van der Waals surface area contributed by atoms with E-state index in [1.807, 2.05) is 0 Å². The van der Waals surface area contributed by atoms with Crippen LogP contribution in [0.1, 0.15) is 43.7 Å². The van der Waals surface area contributed by atoms with Gasteiger partial charge in [0, 0.05) is 13.1 Å². The molecule has 0 heterocycles. The van der Waals surface area contributed by atoms with Crippen molar-refractivity contribution in [2.75, 3.05) is 7.05 Å². The number of rotatable bonds is 3. The number of amides is 1. The van der Waals surface area contributed by atoms with Gasteiger partial charge in [0.2, 0.25) is 5.91 Å². The molecule has 1 amide bonds. The average molecular weight is 313 g/mol. The number of carbonyl (C=O) groups is 1. The van der Waals surface area contributed by atoms with Gasteiger partial charge in [-0.2, -0.15) is 13.2 Å². The molecule has 1 fully saturated rings. The number of alkyl halides is 3. The van der Waals surface area contributed by atoms with Gasteiger partial charge in [-0.1, -0.05) is 38.0 Å². The molecule has 1 aromatic carbocycles. The minimum atomic E-state index is -4.37. The molecule has 122 valence electrons. The molecule has 0 aromatic heterocycles. The predicted molar refractivity (Wildman–Crippen MR) is 79.3 cm³/mol. The Balaban J connectivity index is 2.05. The van der Waals surface area contributed by atoms with Gasteiger partial charge in [-0.3, -0.25) is 4.79 Å². The first kappa shape index (κ1) is 16.8. The molecule has 0 aliphatic heterocycles. The fourth-order valence-corrected chi connectivity index (χ4v) is 3.21. The lowest BCUT2D eigenvalue weighted by molar-refractivity contribution is -0.138. The van der Waals surface area contributed by atoms with E-state index in [0.717, 1.165) is 31.4 Å². The second-order valence-corrected chi connectivity index (χ2v) is 6.21. The Morgan fingerprint density at radius 1 is 1.27 bits per heavy atom. The molecule has 5 heteroatoms. The van der Waals surface area contributed by atoms with Gasteiger partial charge in [0.1, 0.15) is 0 Å². The molecule has 2 unspecified atom stereocenters. The summed E-state index contributed by atoms with van der Waals surface area (Å²) in [5.74, 6) is 0.335. The number of carbonyl (C=O) groups excluding carboxylic acids is 1. The van der Waals surface area contributed by atoms with E-state index in [9.17, 15) is 18.0 Å². The van der Waals surface area contributed by atoms with Crippen molar-refractivity contribution in [2.24, 2.45) is 5.92 Å². The third-order valence-electron chi connectivity index (χ3n) is 4.57. The summed E-state index contributed by atoms with van der Waals surface area (Å²) in [6.07, 6.45) is 0.0217. The van der Waals surface area contributed by atoms with Crippen molar-refractivity contribution in [2.45, 2.75) is 51.2 Å². The molecule has 0 radical (unpaired) electrons. The molecule has 22 heavy (non-hydrogen) atoms. The molecule has 1 aliphatic rings. The number of halogens is 3. The van der Waals surface area contributed by atoms with Gasteiger partial charge in [-0.15, -0.1) is 0 Å². The van der Waals surface area contributed by atoms with Gasteiger partial charge < -0.3 is 4.90 Å². The highest BCUT2D eigenvalue weighted by molar-refractivity contribution is 5.79. The minimum Gasteiger partial charge on any atom is -0.342 e. The Morgan fingerprint density at radius 3 is 2.59 bits per heavy atom. The average Bonchev–Trinajstić information content (AvgIpc) is 2.46. The van der Waals surface area contributed by atoms with E-state index in [2.05, 4.69) is 6.92 Å². The van der Waals surface area contributed by atoms with Crippen molar-refractivity contribution in [1.29, 1.82) is 0 Å². The summed E-state index contributed by atoms with van der Waals surface area (Å²) in [7, 11) is 1.77. The Bertz CT molecular complexity index is 527. The lowest BCUT2D eigenvalue weighted by Crippen LogP contribution is -2.43. The van der Waals surface area contributed by atoms with E-state index in [0.29, 0.717) is 11.5 Å². The van der Waals surface area contributed by atoms with Crippen LogP contribution in [0.25, 0.3) is 0 Å². The van der Waals surface area contributed by atoms with Gasteiger partial charge >= 0.3 is 6.18 Å². The summed E-state index contributed by atoms with van der Waals surface area (Å²) < 4.78 is 38.1. The summed E-state index contributed by atoms with van der Waals surface area (Å²) in [4.78, 5) is 14.1. The van der Waals surface area contributed by atoms with Crippen molar-refractivity contribution in [3.05, 3.63) is 35.4 Å². The van der Waals surface area contributed by atoms with Gasteiger partial charge in [-0.05, 0) is 30.4 Å². The molecule has 2 rings (SSSR count). The second-order valence-electron chi connectivity index (χ2n) is 6.21. The molecule has 0 bridgehead atoms. The zero-order chi connectivity index (χ0) is 16.3. The van der Waals surface area contributed by atoms with Crippen LogP contribution in [0.3, 0.4) is 0 Å². The number of benzene rings is 1. The van der Waals surface area contributed by atoms with Crippen LogP contribution in [-0.4, -0.2) is 23.9 Å². The maximum Gasteiger partial charge on any atom is 0.416 e. The van der Waals surface area contributed by atoms with Crippen LogP contribution < -0.4 is 0 Å². The molecule has 0 spiro atoms. The molecule has 0 N–H and O–H groups in total. The molecule has 2 atom stereocenters. The van der Waals surface area contributed by atoms with Crippen LogP contribution in [0.15, 0.2) is 24.3 Å². The monoisotopic (exact) mass is 313 g/mol. The van der Waals surface area contributed by atoms with E-state index in [4.69, 9.17) is 0 Å². The van der Waals surface area contributed by atoms with Gasteiger partial charge in [0.05, 0.1) is 12.0 Å². The van der Waals surface area contributed by atoms with Crippen molar-refractivity contribution < 1.29 is 18.0 Å². The summed E-state index contributed by atoms with van der Waals surface area (Å²) in [6.45, 7) is 2.14. The van der Waals surface area contributed by atoms with E-state index in [-0.39, 0.29) is 18.4 Å². The van der Waals surface area contributed by atoms with E-state index < -0.39 is 11.7 Å². The maximum atomic E-state index is 12.7.